The lowest BCUT2D eigenvalue weighted by Crippen LogP contribution is -2.55. The van der Waals surface area contributed by atoms with Crippen molar-refractivity contribution < 1.29 is 19.1 Å². The Morgan fingerprint density at radius 2 is 1.50 bits per heavy atom. The SMILES string of the molecule is CNC(=O)[C@@H](NC(=O)[C@H](CC(C)C)[C@H](Sc1cc(Cl)cc(Cl)c1)C(=O)OC(C)(C)C)C(C)(C)C. The number of ether oxygens (including phenoxy) is 1. The second-order valence-electron chi connectivity index (χ2n) is 10.8. The van der Waals surface area contributed by atoms with E-state index in [4.69, 9.17) is 27.9 Å². The van der Waals surface area contributed by atoms with Gasteiger partial charge in [0, 0.05) is 22.0 Å². The van der Waals surface area contributed by atoms with Gasteiger partial charge >= 0.3 is 5.97 Å². The average molecular weight is 534 g/mol. The van der Waals surface area contributed by atoms with Crippen molar-refractivity contribution in [1.29, 1.82) is 0 Å². The second-order valence-corrected chi connectivity index (χ2v) is 12.9. The fourth-order valence-electron chi connectivity index (χ4n) is 3.34. The van der Waals surface area contributed by atoms with Crippen LogP contribution in [0.3, 0.4) is 0 Å². The summed E-state index contributed by atoms with van der Waals surface area (Å²) in [5.41, 5.74) is -1.27. The van der Waals surface area contributed by atoms with Gasteiger partial charge in [-0.3, -0.25) is 14.4 Å². The molecule has 0 aliphatic carbocycles. The minimum Gasteiger partial charge on any atom is -0.459 e. The summed E-state index contributed by atoms with van der Waals surface area (Å²) in [5, 5.41) is 5.49. The highest BCUT2D eigenvalue weighted by atomic mass is 35.5. The molecular weight excluding hydrogens is 495 g/mol. The Morgan fingerprint density at radius 3 is 1.91 bits per heavy atom. The number of nitrogens with one attached hydrogen (secondary N) is 2. The number of hydrogen-bond acceptors (Lipinski definition) is 5. The van der Waals surface area contributed by atoms with Crippen LogP contribution in [0.25, 0.3) is 0 Å². The van der Waals surface area contributed by atoms with E-state index in [1.54, 1.807) is 39.0 Å². The maximum atomic E-state index is 13.6. The summed E-state index contributed by atoms with van der Waals surface area (Å²) < 4.78 is 5.70. The Morgan fingerprint density at radius 1 is 0.971 bits per heavy atom. The van der Waals surface area contributed by atoms with Gasteiger partial charge in [-0.25, -0.2) is 0 Å². The number of hydrogen-bond donors (Lipinski definition) is 2. The zero-order valence-corrected chi connectivity index (χ0v) is 23.9. The average Bonchev–Trinajstić information content (AvgIpc) is 2.64. The standard InChI is InChI=1S/C25H38Cl2N2O4S/c1-14(2)10-18(21(30)29-20(22(31)28-9)24(3,4)5)19(23(32)33-25(6,7)8)34-17-12-15(26)11-16(27)13-17/h11-14,18-20H,10H2,1-9H3,(H,28,31)(H,29,30)/t18-,19+,20-/m1/s1. The molecule has 0 aliphatic rings. The molecule has 0 saturated heterocycles. The Hall–Kier alpha value is -1.44. The van der Waals surface area contributed by atoms with Crippen molar-refractivity contribution in [2.45, 2.75) is 83.6 Å². The third-order valence-corrected chi connectivity index (χ3v) is 6.55. The van der Waals surface area contributed by atoms with Crippen LogP contribution in [0.2, 0.25) is 10.0 Å². The van der Waals surface area contributed by atoms with Crippen LogP contribution in [-0.2, 0) is 19.1 Å². The van der Waals surface area contributed by atoms with Crippen LogP contribution in [0.1, 0.15) is 61.8 Å². The fourth-order valence-corrected chi connectivity index (χ4v) is 5.22. The van der Waals surface area contributed by atoms with Gasteiger partial charge < -0.3 is 15.4 Å². The quantitative estimate of drug-likeness (QED) is 0.313. The molecule has 0 spiro atoms. The number of halogens is 2. The second kappa shape index (κ2) is 12.5. The number of esters is 1. The summed E-state index contributed by atoms with van der Waals surface area (Å²) in [6.45, 7) is 14.9. The molecule has 192 valence electrons. The highest BCUT2D eigenvalue weighted by Gasteiger charge is 2.41. The third kappa shape index (κ3) is 10.0. The summed E-state index contributed by atoms with van der Waals surface area (Å²) in [6, 6.07) is 4.22. The van der Waals surface area contributed by atoms with Crippen LogP contribution in [0.15, 0.2) is 23.1 Å². The van der Waals surface area contributed by atoms with Crippen LogP contribution in [-0.4, -0.2) is 41.7 Å². The van der Waals surface area contributed by atoms with E-state index in [-0.39, 0.29) is 17.7 Å². The lowest BCUT2D eigenvalue weighted by atomic mass is 9.85. The van der Waals surface area contributed by atoms with E-state index in [1.807, 2.05) is 34.6 Å². The zero-order valence-electron chi connectivity index (χ0n) is 21.5. The monoisotopic (exact) mass is 532 g/mol. The molecule has 2 amide bonds. The number of likely N-dealkylation sites (N-methyl/N-ethyl adjacent to an activating group) is 1. The Labute approximate surface area is 218 Å². The summed E-state index contributed by atoms with van der Waals surface area (Å²) >= 11 is 13.5. The van der Waals surface area contributed by atoms with E-state index in [9.17, 15) is 14.4 Å². The first-order valence-corrected chi connectivity index (χ1v) is 13.0. The highest BCUT2D eigenvalue weighted by Crippen LogP contribution is 2.36. The van der Waals surface area contributed by atoms with Gasteiger partial charge in [-0.2, -0.15) is 0 Å². The predicted molar refractivity (Wildman–Crippen MR) is 140 cm³/mol. The Kier molecular flexibility index (Phi) is 11.2. The van der Waals surface area contributed by atoms with Gasteiger partial charge in [-0.05, 0) is 56.7 Å². The molecule has 6 nitrogen and oxygen atoms in total. The lowest BCUT2D eigenvalue weighted by Gasteiger charge is -2.34. The largest absolute Gasteiger partial charge is 0.459 e. The molecule has 0 radical (unpaired) electrons. The zero-order chi connectivity index (χ0) is 26.4. The molecule has 9 heteroatoms. The van der Waals surface area contributed by atoms with Gasteiger partial charge in [0.05, 0.1) is 5.92 Å². The Balaban J connectivity index is 3.46. The number of amides is 2. The summed E-state index contributed by atoms with van der Waals surface area (Å²) in [6.07, 6.45) is 0.418. The molecule has 2 N–H and O–H groups in total. The summed E-state index contributed by atoms with van der Waals surface area (Å²) in [7, 11) is 1.53. The number of carbonyl (C=O) groups excluding carboxylic acids is 3. The van der Waals surface area contributed by atoms with Crippen molar-refractivity contribution in [3.05, 3.63) is 28.2 Å². The number of thioether (sulfide) groups is 1. The molecule has 0 aromatic heterocycles. The molecule has 1 rings (SSSR count). The predicted octanol–water partition coefficient (Wildman–Crippen LogP) is 5.74. The lowest BCUT2D eigenvalue weighted by molar-refractivity contribution is -0.156. The van der Waals surface area contributed by atoms with Crippen LogP contribution in [0, 0.1) is 17.3 Å². The Bertz CT molecular complexity index is 858. The minimum absolute atomic E-state index is 0.109. The van der Waals surface area contributed by atoms with Crippen molar-refractivity contribution in [2.75, 3.05) is 7.05 Å². The summed E-state index contributed by atoms with van der Waals surface area (Å²) in [5.74, 6) is -1.84. The minimum atomic E-state index is -0.874. The molecule has 34 heavy (non-hydrogen) atoms. The topological polar surface area (TPSA) is 84.5 Å². The van der Waals surface area contributed by atoms with Crippen LogP contribution < -0.4 is 10.6 Å². The van der Waals surface area contributed by atoms with E-state index >= 15 is 0 Å². The molecule has 0 unspecified atom stereocenters. The molecule has 1 aromatic carbocycles. The van der Waals surface area contributed by atoms with E-state index in [0.29, 0.717) is 21.4 Å². The van der Waals surface area contributed by atoms with E-state index in [0.717, 1.165) is 0 Å². The van der Waals surface area contributed by atoms with E-state index in [1.165, 1.54) is 18.8 Å². The number of carbonyl (C=O) groups is 3. The van der Waals surface area contributed by atoms with Gasteiger partial charge in [0.15, 0.2) is 0 Å². The van der Waals surface area contributed by atoms with Crippen LogP contribution >= 0.6 is 35.0 Å². The molecule has 0 bridgehead atoms. The first-order valence-electron chi connectivity index (χ1n) is 11.3. The van der Waals surface area contributed by atoms with Crippen molar-refractivity contribution in [3.8, 4) is 0 Å². The van der Waals surface area contributed by atoms with Gasteiger partial charge in [-0.1, -0.05) is 57.8 Å². The molecule has 0 fully saturated rings. The highest BCUT2D eigenvalue weighted by molar-refractivity contribution is 8.00. The smallest absolute Gasteiger partial charge is 0.320 e. The molecule has 0 saturated carbocycles. The van der Waals surface area contributed by atoms with Crippen molar-refractivity contribution in [1.82, 2.24) is 10.6 Å². The third-order valence-electron chi connectivity index (χ3n) is 4.83. The van der Waals surface area contributed by atoms with Gasteiger partial charge in [0.1, 0.15) is 16.9 Å². The normalized spacial score (nSPS) is 14.8. The first kappa shape index (κ1) is 30.6. The molecule has 3 atom stereocenters. The fraction of sp³-hybridized carbons (Fsp3) is 0.640. The molecular formula is C25H38Cl2N2O4S. The van der Waals surface area contributed by atoms with Crippen molar-refractivity contribution in [2.24, 2.45) is 17.3 Å². The molecule has 0 heterocycles. The van der Waals surface area contributed by atoms with Gasteiger partial charge in [0.2, 0.25) is 11.8 Å². The van der Waals surface area contributed by atoms with E-state index < -0.39 is 34.2 Å². The number of rotatable bonds is 9. The van der Waals surface area contributed by atoms with Gasteiger partial charge in [-0.15, -0.1) is 11.8 Å². The van der Waals surface area contributed by atoms with Crippen LogP contribution in [0.5, 0.6) is 0 Å². The van der Waals surface area contributed by atoms with Crippen molar-refractivity contribution in [3.63, 3.8) is 0 Å². The van der Waals surface area contributed by atoms with E-state index in [2.05, 4.69) is 10.6 Å². The maximum absolute atomic E-state index is 13.6. The number of benzene rings is 1. The molecule has 1 aromatic rings. The first-order chi connectivity index (χ1) is 15.4. The van der Waals surface area contributed by atoms with Crippen LogP contribution in [0.4, 0.5) is 0 Å². The maximum Gasteiger partial charge on any atom is 0.320 e. The summed E-state index contributed by atoms with van der Waals surface area (Å²) in [4.78, 5) is 40.2. The van der Waals surface area contributed by atoms with Crippen molar-refractivity contribution >= 4 is 52.7 Å². The molecule has 0 aliphatic heterocycles. The van der Waals surface area contributed by atoms with Gasteiger partial charge in [0.25, 0.3) is 0 Å².